The van der Waals surface area contributed by atoms with E-state index in [2.05, 4.69) is 55.2 Å². The monoisotopic (exact) mass is 248 g/mol. The fourth-order valence-electron chi connectivity index (χ4n) is 2.77. The summed E-state index contributed by atoms with van der Waals surface area (Å²) in [6.07, 6.45) is 1.82. The summed E-state index contributed by atoms with van der Waals surface area (Å²) in [7, 11) is 0. The third-order valence-electron chi connectivity index (χ3n) is 3.48. The molecule has 0 spiro atoms. The number of hydrogen-bond donors (Lipinski definition) is 0. The SMILES string of the molecule is Cc1cc(C)c(-c2nncc3ccccc23)c(C)c1. The lowest BCUT2D eigenvalue weighted by Crippen LogP contribution is -1.95. The van der Waals surface area contributed by atoms with Crippen LogP contribution < -0.4 is 0 Å². The van der Waals surface area contributed by atoms with Crippen LogP contribution in [0.25, 0.3) is 22.0 Å². The van der Waals surface area contributed by atoms with Crippen LogP contribution in [0.15, 0.2) is 42.6 Å². The van der Waals surface area contributed by atoms with E-state index in [1.54, 1.807) is 0 Å². The molecular weight excluding hydrogens is 232 g/mol. The third kappa shape index (κ3) is 1.99. The molecule has 0 saturated carbocycles. The van der Waals surface area contributed by atoms with Crippen LogP contribution in [0, 0.1) is 20.8 Å². The summed E-state index contributed by atoms with van der Waals surface area (Å²) in [6.45, 7) is 6.40. The van der Waals surface area contributed by atoms with Crippen LogP contribution in [0.3, 0.4) is 0 Å². The van der Waals surface area contributed by atoms with Crippen molar-refractivity contribution in [2.75, 3.05) is 0 Å². The topological polar surface area (TPSA) is 25.8 Å². The molecular formula is C17H16N2. The minimum atomic E-state index is 0.980. The Morgan fingerprint density at radius 2 is 1.58 bits per heavy atom. The zero-order valence-corrected chi connectivity index (χ0v) is 11.4. The van der Waals surface area contributed by atoms with E-state index in [0.29, 0.717) is 0 Å². The van der Waals surface area contributed by atoms with Gasteiger partial charge in [-0.15, -0.1) is 5.10 Å². The second kappa shape index (κ2) is 4.47. The number of aryl methyl sites for hydroxylation is 3. The molecule has 2 heteroatoms. The Bertz CT molecular complexity index is 732. The first kappa shape index (κ1) is 11.8. The van der Waals surface area contributed by atoms with Gasteiger partial charge in [-0.2, -0.15) is 5.10 Å². The van der Waals surface area contributed by atoms with Crippen molar-refractivity contribution in [3.05, 3.63) is 59.3 Å². The Kier molecular flexibility index (Phi) is 2.79. The second-order valence-electron chi connectivity index (χ2n) is 5.05. The normalized spacial score (nSPS) is 10.9. The lowest BCUT2D eigenvalue weighted by molar-refractivity contribution is 1.05. The molecule has 2 aromatic carbocycles. The van der Waals surface area contributed by atoms with Crippen LogP contribution in [0.5, 0.6) is 0 Å². The summed E-state index contributed by atoms with van der Waals surface area (Å²) < 4.78 is 0. The molecule has 2 nitrogen and oxygen atoms in total. The summed E-state index contributed by atoms with van der Waals surface area (Å²) in [5.74, 6) is 0. The smallest absolute Gasteiger partial charge is 0.101 e. The zero-order valence-electron chi connectivity index (χ0n) is 11.4. The molecule has 0 radical (unpaired) electrons. The van der Waals surface area contributed by atoms with E-state index in [0.717, 1.165) is 16.5 Å². The maximum absolute atomic E-state index is 4.38. The van der Waals surface area contributed by atoms with Gasteiger partial charge in [-0.25, -0.2) is 0 Å². The first-order valence-corrected chi connectivity index (χ1v) is 6.45. The Morgan fingerprint density at radius 1 is 0.895 bits per heavy atom. The molecule has 3 aromatic rings. The Morgan fingerprint density at radius 3 is 2.32 bits per heavy atom. The van der Waals surface area contributed by atoms with Gasteiger partial charge in [0.25, 0.3) is 0 Å². The largest absolute Gasteiger partial charge is 0.158 e. The summed E-state index contributed by atoms with van der Waals surface area (Å²) in [5.41, 5.74) is 5.97. The first-order valence-electron chi connectivity index (χ1n) is 6.45. The van der Waals surface area contributed by atoms with E-state index < -0.39 is 0 Å². The van der Waals surface area contributed by atoms with E-state index in [1.807, 2.05) is 18.3 Å². The average molecular weight is 248 g/mol. The molecule has 1 aromatic heterocycles. The van der Waals surface area contributed by atoms with Gasteiger partial charge in [-0.3, -0.25) is 0 Å². The standard InChI is InChI=1S/C17H16N2/c1-11-8-12(2)16(13(3)9-11)17-15-7-5-4-6-14(15)10-18-19-17/h4-10H,1-3H3. The van der Waals surface area contributed by atoms with Crippen molar-refractivity contribution in [2.24, 2.45) is 0 Å². The van der Waals surface area contributed by atoms with Gasteiger partial charge >= 0.3 is 0 Å². The summed E-state index contributed by atoms with van der Waals surface area (Å²) in [6, 6.07) is 12.7. The molecule has 3 rings (SSSR count). The lowest BCUT2D eigenvalue weighted by Gasteiger charge is -2.12. The van der Waals surface area contributed by atoms with Crippen LogP contribution >= 0.6 is 0 Å². The van der Waals surface area contributed by atoms with Crippen LogP contribution in [-0.4, -0.2) is 10.2 Å². The van der Waals surface area contributed by atoms with E-state index in [9.17, 15) is 0 Å². The van der Waals surface area contributed by atoms with Crippen molar-refractivity contribution in [1.29, 1.82) is 0 Å². The van der Waals surface area contributed by atoms with Crippen molar-refractivity contribution in [3.63, 3.8) is 0 Å². The summed E-state index contributed by atoms with van der Waals surface area (Å²) >= 11 is 0. The molecule has 0 fully saturated rings. The van der Waals surface area contributed by atoms with Gasteiger partial charge in [-0.1, -0.05) is 42.0 Å². The molecule has 1 heterocycles. The van der Waals surface area contributed by atoms with Gasteiger partial charge in [0.15, 0.2) is 0 Å². The molecule has 0 aliphatic rings. The highest BCUT2D eigenvalue weighted by Crippen LogP contribution is 2.31. The van der Waals surface area contributed by atoms with Gasteiger partial charge in [0.1, 0.15) is 5.69 Å². The quantitative estimate of drug-likeness (QED) is 0.644. The minimum absolute atomic E-state index is 0.980. The number of aromatic nitrogens is 2. The summed E-state index contributed by atoms with van der Waals surface area (Å²) in [5, 5.41) is 10.8. The molecule has 0 atom stereocenters. The highest BCUT2D eigenvalue weighted by Gasteiger charge is 2.11. The van der Waals surface area contributed by atoms with E-state index >= 15 is 0 Å². The number of rotatable bonds is 1. The average Bonchev–Trinajstić information content (AvgIpc) is 2.38. The van der Waals surface area contributed by atoms with Gasteiger partial charge in [0.05, 0.1) is 6.20 Å². The lowest BCUT2D eigenvalue weighted by atomic mass is 9.95. The van der Waals surface area contributed by atoms with E-state index in [4.69, 9.17) is 0 Å². The van der Waals surface area contributed by atoms with E-state index in [-0.39, 0.29) is 0 Å². The highest BCUT2D eigenvalue weighted by atomic mass is 15.1. The predicted octanol–water partition coefficient (Wildman–Crippen LogP) is 4.22. The molecule has 0 saturated heterocycles. The van der Waals surface area contributed by atoms with Crippen molar-refractivity contribution in [1.82, 2.24) is 10.2 Å². The number of benzene rings is 2. The summed E-state index contributed by atoms with van der Waals surface area (Å²) in [4.78, 5) is 0. The van der Waals surface area contributed by atoms with Crippen LogP contribution in [0.4, 0.5) is 0 Å². The molecule has 0 bridgehead atoms. The Hall–Kier alpha value is -2.22. The Labute approximate surface area is 113 Å². The molecule has 0 N–H and O–H groups in total. The molecule has 94 valence electrons. The molecule has 0 unspecified atom stereocenters. The Balaban J connectivity index is 2.37. The highest BCUT2D eigenvalue weighted by molar-refractivity contribution is 5.95. The fraction of sp³-hybridized carbons (Fsp3) is 0.176. The molecule has 19 heavy (non-hydrogen) atoms. The molecule has 0 aliphatic heterocycles. The van der Waals surface area contributed by atoms with Crippen molar-refractivity contribution in [3.8, 4) is 11.3 Å². The second-order valence-corrected chi connectivity index (χ2v) is 5.05. The van der Waals surface area contributed by atoms with Gasteiger partial charge < -0.3 is 0 Å². The molecule has 0 amide bonds. The first-order chi connectivity index (χ1) is 9.16. The van der Waals surface area contributed by atoms with Crippen molar-refractivity contribution in [2.45, 2.75) is 20.8 Å². The number of hydrogen-bond acceptors (Lipinski definition) is 2. The minimum Gasteiger partial charge on any atom is -0.158 e. The van der Waals surface area contributed by atoms with Crippen LogP contribution in [0.2, 0.25) is 0 Å². The zero-order chi connectivity index (χ0) is 13.4. The van der Waals surface area contributed by atoms with Gasteiger partial charge in [0.2, 0.25) is 0 Å². The number of fused-ring (bicyclic) bond motifs is 1. The number of nitrogens with zero attached hydrogens (tertiary/aromatic N) is 2. The van der Waals surface area contributed by atoms with Crippen LogP contribution in [0.1, 0.15) is 16.7 Å². The van der Waals surface area contributed by atoms with E-state index in [1.165, 1.54) is 22.3 Å². The fourth-order valence-corrected chi connectivity index (χ4v) is 2.77. The van der Waals surface area contributed by atoms with Gasteiger partial charge in [0, 0.05) is 16.3 Å². The van der Waals surface area contributed by atoms with Crippen molar-refractivity contribution < 1.29 is 0 Å². The maximum Gasteiger partial charge on any atom is 0.101 e. The van der Waals surface area contributed by atoms with Crippen molar-refractivity contribution >= 4 is 10.8 Å². The molecule has 0 aliphatic carbocycles. The predicted molar refractivity (Wildman–Crippen MR) is 79.2 cm³/mol. The van der Waals surface area contributed by atoms with Gasteiger partial charge in [-0.05, 0) is 31.9 Å². The third-order valence-corrected chi connectivity index (χ3v) is 3.48. The van der Waals surface area contributed by atoms with Crippen LogP contribution in [-0.2, 0) is 0 Å². The maximum atomic E-state index is 4.38.